The Kier molecular flexibility index (Phi) is 6.41. The van der Waals surface area contributed by atoms with Crippen LogP contribution >= 0.6 is 11.6 Å². The van der Waals surface area contributed by atoms with Gasteiger partial charge in [0.2, 0.25) is 0 Å². The molecule has 3 atom stereocenters. The standard InChI is InChI=1S/C13H13ClN4O8/c14-12-10(5-8(17(22)23)6-11(12)18(24)25)15-13(19)26-9-3-1-2-7(4-9)16(20)21/h1-6,16-18,20,22,24H,(H,15,19). The molecule has 0 saturated carbocycles. The molecule has 0 saturated heterocycles. The molecule has 26 heavy (non-hydrogen) atoms. The first-order valence-electron chi connectivity index (χ1n) is 6.81. The summed E-state index contributed by atoms with van der Waals surface area (Å²) in [5, 5.41) is 57.7. The predicted molar refractivity (Wildman–Crippen MR) is 84.9 cm³/mol. The molecule has 0 aliphatic rings. The van der Waals surface area contributed by atoms with Crippen molar-refractivity contribution in [3.8, 4) is 5.75 Å². The number of halogens is 1. The van der Waals surface area contributed by atoms with Gasteiger partial charge in [0.1, 0.15) is 10.8 Å². The average Bonchev–Trinajstić information content (AvgIpc) is 2.56. The van der Waals surface area contributed by atoms with Crippen molar-refractivity contribution in [3.05, 3.63) is 57.0 Å². The molecule has 13 heteroatoms. The molecule has 0 aliphatic carbocycles. The molecule has 0 aromatic heterocycles. The van der Waals surface area contributed by atoms with Crippen LogP contribution in [0, 0.1) is 15.6 Å². The van der Waals surface area contributed by atoms with E-state index in [4.69, 9.17) is 32.0 Å². The lowest BCUT2D eigenvalue weighted by Gasteiger charge is -2.19. The molecule has 2 rings (SSSR count). The smallest absolute Gasteiger partial charge is 0.417 e. The third kappa shape index (κ3) is 4.84. The zero-order chi connectivity index (χ0) is 19.4. The third-order valence-electron chi connectivity index (χ3n) is 3.08. The van der Waals surface area contributed by atoms with Crippen LogP contribution in [0.4, 0.5) is 27.5 Å². The fraction of sp³-hybridized carbons (Fsp3) is 0. The van der Waals surface area contributed by atoms with Gasteiger partial charge in [0.05, 0.1) is 11.8 Å². The first-order valence-corrected chi connectivity index (χ1v) is 7.19. The third-order valence-corrected chi connectivity index (χ3v) is 3.49. The SMILES string of the molecule is O=C(Nc1cc([NH+]([O-])O)cc([NH+]([O-])O)c1Cl)Oc1cccc([NH+]([O-])O)c1. The van der Waals surface area contributed by atoms with Gasteiger partial charge in [0, 0.05) is 18.2 Å². The molecule has 1 amide bonds. The summed E-state index contributed by atoms with van der Waals surface area (Å²) in [5.41, 5.74) is -1.33. The van der Waals surface area contributed by atoms with Gasteiger partial charge in [0.25, 0.3) is 0 Å². The van der Waals surface area contributed by atoms with Crippen LogP contribution in [0.15, 0.2) is 36.4 Å². The summed E-state index contributed by atoms with van der Waals surface area (Å²) < 4.78 is 4.90. The summed E-state index contributed by atoms with van der Waals surface area (Å²) in [4.78, 5) is 11.9. The van der Waals surface area contributed by atoms with Crippen LogP contribution in [0.3, 0.4) is 0 Å². The van der Waals surface area contributed by atoms with Gasteiger partial charge in [-0.25, -0.2) is 20.4 Å². The van der Waals surface area contributed by atoms with Crippen molar-refractivity contribution < 1.29 is 40.8 Å². The normalized spacial score (nSPS) is 14.4. The maximum absolute atomic E-state index is 11.9. The topological polar surface area (TPSA) is 182 Å². The zero-order valence-corrected chi connectivity index (χ0v) is 13.5. The van der Waals surface area contributed by atoms with Crippen LogP contribution in [0.1, 0.15) is 0 Å². The van der Waals surface area contributed by atoms with Gasteiger partial charge in [-0.2, -0.15) is 15.7 Å². The summed E-state index contributed by atoms with van der Waals surface area (Å²) in [6.07, 6.45) is -1.12. The van der Waals surface area contributed by atoms with Gasteiger partial charge in [-0.05, 0) is 6.07 Å². The molecular weight excluding hydrogens is 376 g/mol. The molecule has 12 nitrogen and oxygen atoms in total. The quantitative estimate of drug-likeness (QED) is 0.323. The molecule has 0 bridgehead atoms. The van der Waals surface area contributed by atoms with E-state index >= 15 is 0 Å². The number of amides is 1. The average molecular weight is 389 g/mol. The van der Waals surface area contributed by atoms with Crippen LogP contribution in [0.25, 0.3) is 0 Å². The Morgan fingerprint density at radius 3 is 2.23 bits per heavy atom. The van der Waals surface area contributed by atoms with Crippen molar-refractivity contribution in [1.29, 1.82) is 0 Å². The number of hydrogen-bond acceptors (Lipinski definition) is 8. The van der Waals surface area contributed by atoms with Gasteiger partial charge >= 0.3 is 6.09 Å². The van der Waals surface area contributed by atoms with Gasteiger partial charge in [0.15, 0.2) is 17.1 Å². The van der Waals surface area contributed by atoms with Crippen molar-refractivity contribution in [3.63, 3.8) is 0 Å². The number of benzene rings is 2. The minimum absolute atomic E-state index is 0.0913. The molecule has 140 valence electrons. The van der Waals surface area contributed by atoms with Crippen molar-refractivity contribution >= 4 is 40.4 Å². The second-order valence-electron chi connectivity index (χ2n) is 4.84. The highest BCUT2D eigenvalue weighted by Gasteiger charge is 2.20. The molecule has 0 spiro atoms. The zero-order valence-electron chi connectivity index (χ0n) is 12.7. The van der Waals surface area contributed by atoms with Gasteiger partial charge in [-0.1, -0.05) is 17.7 Å². The number of carbonyl (C=O) groups excluding carboxylic acids is 1. The fourth-order valence-corrected chi connectivity index (χ4v) is 2.17. The maximum atomic E-state index is 11.9. The van der Waals surface area contributed by atoms with Crippen LogP contribution in [0.5, 0.6) is 5.75 Å². The van der Waals surface area contributed by atoms with Crippen molar-refractivity contribution in [2.45, 2.75) is 0 Å². The Morgan fingerprint density at radius 2 is 1.65 bits per heavy atom. The predicted octanol–water partition coefficient (Wildman–Crippen LogP) is -0.839. The van der Waals surface area contributed by atoms with Crippen LogP contribution in [0.2, 0.25) is 5.02 Å². The monoisotopic (exact) mass is 388 g/mol. The van der Waals surface area contributed by atoms with E-state index in [2.05, 4.69) is 5.32 Å². The lowest BCUT2D eigenvalue weighted by atomic mass is 10.2. The minimum atomic E-state index is -1.48. The van der Waals surface area contributed by atoms with Crippen molar-refractivity contribution in [1.82, 2.24) is 0 Å². The van der Waals surface area contributed by atoms with Gasteiger partial charge < -0.3 is 20.4 Å². The molecule has 2 aromatic carbocycles. The molecule has 7 N–H and O–H groups in total. The Balaban J connectivity index is 2.24. The Bertz CT molecular complexity index is 802. The second kappa shape index (κ2) is 8.35. The van der Waals surface area contributed by atoms with Crippen molar-refractivity contribution in [2.24, 2.45) is 0 Å². The highest BCUT2D eigenvalue weighted by atomic mass is 35.5. The number of nitrogens with one attached hydrogen (secondary N) is 4. The number of anilines is 1. The van der Waals surface area contributed by atoms with E-state index in [-0.39, 0.29) is 17.1 Å². The van der Waals surface area contributed by atoms with Crippen molar-refractivity contribution in [2.75, 3.05) is 5.32 Å². The summed E-state index contributed by atoms with van der Waals surface area (Å²) >= 11 is 5.87. The van der Waals surface area contributed by atoms with E-state index < -0.39 is 38.2 Å². The van der Waals surface area contributed by atoms with E-state index in [0.717, 1.165) is 18.2 Å². The van der Waals surface area contributed by atoms with Crippen LogP contribution in [-0.2, 0) is 0 Å². The largest absolute Gasteiger partial charge is 0.595 e. The van der Waals surface area contributed by atoms with Gasteiger partial charge in [-0.15, -0.1) is 0 Å². The number of quaternary nitrogens is 3. The number of carbonyl (C=O) groups is 1. The van der Waals surface area contributed by atoms with E-state index in [9.17, 15) is 20.4 Å². The summed E-state index contributed by atoms with van der Waals surface area (Å²) in [5.74, 6) is -0.0913. The molecule has 0 aliphatic heterocycles. The molecule has 2 aromatic rings. The Labute approximate surface area is 150 Å². The summed E-state index contributed by atoms with van der Waals surface area (Å²) in [7, 11) is 0. The second-order valence-corrected chi connectivity index (χ2v) is 5.22. The Morgan fingerprint density at radius 1 is 1.00 bits per heavy atom. The summed E-state index contributed by atoms with van der Waals surface area (Å²) in [6, 6.07) is 6.88. The van der Waals surface area contributed by atoms with Gasteiger partial charge in [-0.3, -0.25) is 5.32 Å². The molecule has 0 radical (unpaired) electrons. The number of hydrogen-bond donors (Lipinski definition) is 7. The molecular formula is C13H13ClN4O8. The Hall–Kier alpha value is -2.36. The highest BCUT2D eigenvalue weighted by molar-refractivity contribution is 6.35. The summed E-state index contributed by atoms with van der Waals surface area (Å²) in [6.45, 7) is 0. The fourth-order valence-electron chi connectivity index (χ4n) is 1.93. The lowest BCUT2D eigenvalue weighted by molar-refractivity contribution is -0.996. The molecule has 3 unspecified atom stereocenters. The maximum Gasteiger partial charge on any atom is 0.417 e. The van der Waals surface area contributed by atoms with E-state index in [1.54, 1.807) is 0 Å². The van der Waals surface area contributed by atoms with Crippen LogP contribution < -0.4 is 25.7 Å². The van der Waals surface area contributed by atoms with E-state index in [0.29, 0.717) is 0 Å². The lowest BCUT2D eigenvalue weighted by Crippen LogP contribution is -3.00. The first kappa shape index (κ1) is 20.0. The number of ether oxygens (including phenoxy) is 1. The highest BCUT2D eigenvalue weighted by Crippen LogP contribution is 2.31. The molecule has 0 heterocycles. The van der Waals surface area contributed by atoms with E-state index in [1.807, 2.05) is 0 Å². The number of rotatable bonds is 5. The van der Waals surface area contributed by atoms with E-state index in [1.165, 1.54) is 18.2 Å². The molecule has 0 fully saturated rings. The first-order chi connectivity index (χ1) is 12.2. The minimum Gasteiger partial charge on any atom is -0.595 e. The van der Waals surface area contributed by atoms with Crippen LogP contribution in [-0.4, -0.2) is 21.7 Å².